The second kappa shape index (κ2) is 7.46. The summed E-state index contributed by atoms with van der Waals surface area (Å²) in [6.07, 6.45) is 7.75. The first kappa shape index (κ1) is 15.8. The number of hydrogen-bond acceptors (Lipinski definition) is 3. The van der Waals surface area contributed by atoms with Gasteiger partial charge in [0, 0.05) is 0 Å². The molecule has 2 rings (SSSR count). The summed E-state index contributed by atoms with van der Waals surface area (Å²) < 4.78 is 0. The van der Waals surface area contributed by atoms with E-state index in [-0.39, 0.29) is 11.7 Å². The molecule has 0 radical (unpaired) electrons. The zero-order valence-electron chi connectivity index (χ0n) is 12.8. The normalized spacial score (nSPS) is 17.4. The summed E-state index contributed by atoms with van der Waals surface area (Å²) in [6, 6.07) is 4.77. The number of phenolic OH excluding ortho intramolecular Hbond substituents is 1. The van der Waals surface area contributed by atoms with E-state index in [2.05, 4.69) is 5.32 Å². The summed E-state index contributed by atoms with van der Waals surface area (Å²) in [5.74, 6) is 0.449. The lowest BCUT2D eigenvalue weighted by Gasteiger charge is -2.24. The van der Waals surface area contributed by atoms with Gasteiger partial charge in [0.2, 0.25) is 5.91 Å². The Morgan fingerprint density at radius 3 is 2.76 bits per heavy atom. The van der Waals surface area contributed by atoms with Crippen molar-refractivity contribution < 1.29 is 9.90 Å². The average Bonchev–Trinajstić information content (AvgIpc) is 2.50. The Balaban J connectivity index is 1.93. The van der Waals surface area contributed by atoms with Gasteiger partial charge in [-0.05, 0) is 36.5 Å². The number of benzene rings is 1. The van der Waals surface area contributed by atoms with Crippen LogP contribution in [-0.4, -0.2) is 17.1 Å². The lowest BCUT2D eigenvalue weighted by atomic mass is 9.85. The summed E-state index contributed by atoms with van der Waals surface area (Å²) in [6.45, 7) is 2.03. The quantitative estimate of drug-likeness (QED) is 0.729. The molecule has 4 heteroatoms. The van der Waals surface area contributed by atoms with E-state index in [1.165, 1.54) is 32.1 Å². The minimum Gasteiger partial charge on any atom is -0.506 e. The number of nitrogens with two attached hydrogens (primary N) is 1. The Kier molecular flexibility index (Phi) is 5.62. The maximum Gasteiger partial charge on any atom is 0.241 e. The van der Waals surface area contributed by atoms with Crippen LogP contribution in [0.2, 0.25) is 0 Å². The van der Waals surface area contributed by atoms with Gasteiger partial charge in [-0.15, -0.1) is 0 Å². The molecule has 1 fully saturated rings. The highest BCUT2D eigenvalue weighted by Crippen LogP contribution is 2.28. The van der Waals surface area contributed by atoms with E-state index in [0.717, 1.165) is 18.4 Å². The second-order valence-corrected chi connectivity index (χ2v) is 6.04. The standard InChI is InChI=1S/C17H26N2O2/c1-2-12-8-9-16(20)15(11-12)19-17(21)14(18)10-13-6-4-3-5-7-13/h8-9,11,13-14,20H,2-7,10,18H2,1H3,(H,19,21). The van der Waals surface area contributed by atoms with Crippen molar-refractivity contribution in [3.63, 3.8) is 0 Å². The van der Waals surface area contributed by atoms with Crippen LogP contribution in [0.15, 0.2) is 18.2 Å². The monoisotopic (exact) mass is 290 g/mol. The molecule has 0 heterocycles. The summed E-state index contributed by atoms with van der Waals surface area (Å²) in [5.41, 5.74) is 7.55. The van der Waals surface area contributed by atoms with Crippen LogP contribution in [0.4, 0.5) is 5.69 Å². The number of hydrogen-bond donors (Lipinski definition) is 3. The highest BCUT2D eigenvalue weighted by atomic mass is 16.3. The number of rotatable bonds is 5. The summed E-state index contributed by atoms with van der Waals surface area (Å²) in [4.78, 5) is 12.2. The number of nitrogens with one attached hydrogen (secondary N) is 1. The molecular weight excluding hydrogens is 264 g/mol. The van der Waals surface area contributed by atoms with Crippen molar-refractivity contribution in [2.75, 3.05) is 5.32 Å². The molecule has 0 spiro atoms. The van der Waals surface area contributed by atoms with E-state index in [1.807, 2.05) is 13.0 Å². The summed E-state index contributed by atoms with van der Waals surface area (Å²) in [7, 11) is 0. The van der Waals surface area contributed by atoms with Gasteiger partial charge in [0.25, 0.3) is 0 Å². The molecule has 1 aromatic rings. The van der Waals surface area contributed by atoms with Crippen molar-refractivity contribution >= 4 is 11.6 Å². The van der Waals surface area contributed by atoms with Gasteiger partial charge in [0.1, 0.15) is 5.75 Å². The lowest BCUT2D eigenvalue weighted by Crippen LogP contribution is -2.37. The third-order valence-corrected chi connectivity index (χ3v) is 4.38. The third-order valence-electron chi connectivity index (χ3n) is 4.38. The van der Waals surface area contributed by atoms with E-state index in [9.17, 15) is 9.90 Å². The van der Waals surface area contributed by atoms with Crippen LogP contribution in [0.1, 0.15) is 51.0 Å². The molecule has 116 valence electrons. The molecule has 0 aromatic heterocycles. The number of phenols is 1. The number of aromatic hydroxyl groups is 1. The minimum absolute atomic E-state index is 0.0883. The smallest absolute Gasteiger partial charge is 0.241 e. The Hall–Kier alpha value is -1.55. The molecule has 0 bridgehead atoms. The van der Waals surface area contributed by atoms with Gasteiger partial charge in [-0.1, -0.05) is 45.1 Å². The van der Waals surface area contributed by atoms with E-state index in [1.54, 1.807) is 12.1 Å². The van der Waals surface area contributed by atoms with Crippen molar-refractivity contribution in [2.24, 2.45) is 11.7 Å². The second-order valence-electron chi connectivity index (χ2n) is 6.04. The molecule has 1 amide bonds. The van der Waals surface area contributed by atoms with Crippen molar-refractivity contribution in [3.8, 4) is 5.75 Å². The fraction of sp³-hybridized carbons (Fsp3) is 0.588. The third kappa shape index (κ3) is 4.46. The fourth-order valence-corrected chi connectivity index (χ4v) is 3.02. The topological polar surface area (TPSA) is 75.3 Å². The zero-order chi connectivity index (χ0) is 15.2. The molecule has 1 atom stereocenters. The molecular formula is C17H26N2O2. The van der Waals surface area contributed by atoms with Gasteiger partial charge in [0.05, 0.1) is 11.7 Å². The maximum absolute atomic E-state index is 12.2. The van der Waals surface area contributed by atoms with Crippen LogP contribution in [0.5, 0.6) is 5.75 Å². The SMILES string of the molecule is CCc1ccc(O)c(NC(=O)C(N)CC2CCCCC2)c1. The predicted molar refractivity (Wildman–Crippen MR) is 85.3 cm³/mol. The van der Waals surface area contributed by atoms with E-state index in [4.69, 9.17) is 5.73 Å². The lowest BCUT2D eigenvalue weighted by molar-refractivity contribution is -0.117. The first-order valence-electron chi connectivity index (χ1n) is 7.98. The van der Waals surface area contributed by atoms with Crippen LogP contribution in [0.25, 0.3) is 0 Å². The van der Waals surface area contributed by atoms with Gasteiger partial charge < -0.3 is 16.2 Å². The fourth-order valence-electron chi connectivity index (χ4n) is 3.02. The van der Waals surface area contributed by atoms with Crippen LogP contribution in [-0.2, 0) is 11.2 Å². The van der Waals surface area contributed by atoms with Gasteiger partial charge >= 0.3 is 0 Å². The van der Waals surface area contributed by atoms with E-state index >= 15 is 0 Å². The van der Waals surface area contributed by atoms with Crippen molar-refractivity contribution in [2.45, 2.75) is 57.9 Å². The number of aryl methyl sites for hydroxylation is 1. The minimum atomic E-state index is -0.502. The molecule has 1 aliphatic carbocycles. The number of anilines is 1. The predicted octanol–water partition coefficient (Wildman–Crippen LogP) is 3.19. The van der Waals surface area contributed by atoms with Crippen molar-refractivity contribution in [1.82, 2.24) is 0 Å². The molecule has 1 aromatic carbocycles. The van der Waals surface area contributed by atoms with E-state index in [0.29, 0.717) is 11.6 Å². The van der Waals surface area contributed by atoms with Crippen LogP contribution in [0, 0.1) is 5.92 Å². The molecule has 1 unspecified atom stereocenters. The maximum atomic E-state index is 12.2. The van der Waals surface area contributed by atoms with Crippen LogP contribution in [0.3, 0.4) is 0 Å². The largest absolute Gasteiger partial charge is 0.506 e. The van der Waals surface area contributed by atoms with Crippen molar-refractivity contribution in [1.29, 1.82) is 0 Å². The molecule has 21 heavy (non-hydrogen) atoms. The van der Waals surface area contributed by atoms with Gasteiger partial charge in [-0.25, -0.2) is 0 Å². The zero-order valence-corrected chi connectivity index (χ0v) is 12.8. The van der Waals surface area contributed by atoms with Gasteiger partial charge in [-0.2, -0.15) is 0 Å². The molecule has 4 N–H and O–H groups in total. The van der Waals surface area contributed by atoms with Crippen molar-refractivity contribution in [3.05, 3.63) is 23.8 Å². The highest BCUT2D eigenvalue weighted by Gasteiger charge is 2.21. The van der Waals surface area contributed by atoms with E-state index < -0.39 is 6.04 Å². The molecule has 0 saturated heterocycles. The number of carbonyl (C=O) groups excluding carboxylic acids is 1. The molecule has 0 aliphatic heterocycles. The Labute approximate surface area is 126 Å². The highest BCUT2D eigenvalue weighted by molar-refractivity contribution is 5.95. The average molecular weight is 290 g/mol. The van der Waals surface area contributed by atoms with Gasteiger partial charge in [-0.3, -0.25) is 4.79 Å². The number of carbonyl (C=O) groups is 1. The number of amides is 1. The Morgan fingerprint density at radius 2 is 2.10 bits per heavy atom. The summed E-state index contributed by atoms with van der Waals surface area (Å²) in [5, 5.41) is 12.6. The summed E-state index contributed by atoms with van der Waals surface area (Å²) >= 11 is 0. The van der Waals surface area contributed by atoms with Gasteiger partial charge in [0.15, 0.2) is 0 Å². The molecule has 1 aliphatic rings. The van der Waals surface area contributed by atoms with Crippen LogP contribution < -0.4 is 11.1 Å². The molecule has 4 nitrogen and oxygen atoms in total. The first-order chi connectivity index (χ1) is 10.1. The Morgan fingerprint density at radius 1 is 1.38 bits per heavy atom. The Bertz CT molecular complexity index is 482. The first-order valence-corrected chi connectivity index (χ1v) is 7.98. The van der Waals surface area contributed by atoms with Crippen LogP contribution >= 0.6 is 0 Å². The molecule has 1 saturated carbocycles.